The molecule has 1 aromatic heterocycles. The van der Waals surface area contributed by atoms with E-state index >= 15 is 0 Å². The van der Waals surface area contributed by atoms with Gasteiger partial charge >= 0.3 is 0 Å². The fraction of sp³-hybridized carbons (Fsp3) is 0.333. The number of aromatic nitrogens is 1. The summed E-state index contributed by atoms with van der Waals surface area (Å²) in [6.07, 6.45) is 0. The topological polar surface area (TPSA) is 45.7 Å². The molecule has 27 heavy (non-hydrogen) atoms. The normalized spacial score (nSPS) is 16.0. The molecule has 1 fully saturated rings. The quantitative estimate of drug-likeness (QED) is 0.680. The lowest BCUT2D eigenvalue weighted by Gasteiger charge is -2.34. The van der Waals surface area contributed by atoms with E-state index < -0.39 is 0 Å². The lowest BCUT2D eigenvalue weighted by Crippen LogP contribution is -2.46. The summed E-state index contributed by atoms with van der Waals surface area (Å²) >= 11 is 1.69. The summed E-state index contributed by atoms with van der Waals surface area (Å²) in [5.74, 6) is 0.133. The summed E-state index contributed by atoms with van der Waals surface area (Å²) in [5, 5.41) is 1.02. The third-order valence-electron chi connectivity index (χ3n) is 4.84. The summed E-state index contributed by atoms with van der Waals surface area (Å²) in [6.45, 7) is 3.15. The molecule has 0 aliphatic carbocycles. The van der Waals surface area contributed by atoms with E-state index in [2.05, 4.69) is 11.0 Å². The Kier molecular flexibility index (Phi) is 5.48. The van der Waals surface area contributed by atoms with Crippen molar-refractivity contribution in [3.8, 4) is 0 Å². The minimum Gasteiger partial charge on any atom is -0.378 e. The number of nitrogens with zero attached hydrogens (tertiary/aromatic N) is 3. The number of morpholine rings is 1. The predicted octanol–water partition coefficient (Wildman–Crippen LogP) is 3.33. The van der Waals surface area contributed by atoms with Gasteiger partial charge in [-0.1, -0.05) is 42.5 Å². The Bertz CT molecular complexity index is 873. The van der Waals surface area contributed by atoms with Gasteiger partial charge in [-0.25, -0.2) is 4.98 Å². The molecule has 1 amide bonds. The molecule has 4 rings (SSSR count). The fourth-order valence-corrected chi connectivity index (χ4v) is 4.50. The number of carbonyl (C=O) groups is 1. The molecule has 1 aliphatic rings. The molecule has 2 aromatic carbocycles. The van der Waals surface area contributed by atoms with Crippen LogP contribution in [0.25, 0.3) is 10.2 Å². The van der Waals surface area contributed by atoms with Crippen LogP contribution in [0, 0.1) is 0 Å². The van der Waals surface area contributed by atoms with Crippen LogP contribution in [0.1, 0.15) is 16.6 Å². The number of para-hydroxylation sites is 1. The molecule has 6 heteroatoms. The number of rotatable bonds is 5. The highest BCUT2D eigenvalue weighted by molar-refractivity contribution is 7.18. The molecule has 0 radical (unpaired) electrons. The number of hydrogen-bond donors (Lipinski definition) is 0. The third-order valence-corrected chi connectivity index (χ3v) is 5.86. The Morgan fingerprint density at radius 3 is 2.59 bits per heavy atom. The Hall–Kier alpha value is -2.28. The van der Waals surface area contributed by atoms with Crippen LogP contribution < -0.4 is 0 Å². The van der Waals surface area contributed by atoms with E-state index in [1.165, 1.54) is 4.70 Å². The summed E-state index contributed by atoms with van der Waals surface area (Å²) < 4.78 is 6.59. The van der Waals surface area contributed by atoms with Gasteiger partial charge in [-0.05, 0) is 24.7 Å². The molecule has 0 unspecified atom stereocenters. The van der Waals surface area contributed by atoms with Crippen molar-refractivity contribution in [2.24, 2.45) is 0 Å². The number of amides is 1. The van der Waals surface area contributed by atoms with Gasteiger partial charge in [0, 0.05) is 13.1 Å². The van der Waals surface area contributed by atoms with Gasteiger partial charge in [0.2, 0.25) is 5.91 Å². The van der Waals surface area contributed by atoms with Gasteiger partial charge in [0.1, 0.15) is 11.0 Å². The number of hydrogen-bond acceptors (Lipinski definition) is 5. The van der Waals surface area contributed by atoms with Crippen LogP contribution in [0.3, 0.4) is 0 Å². The standard InChI is InChI=1S/C21H23N3O2S/c1-23(15-19-22-17-9-5-6-10-18(17)27-19)20(16-7-3-2-4-8-16)21(25)24-11-13-26-14-12-24/h2-10,20H,11-15H2,1H3/t20-/m0/s1. The molecular weight excluding hydrogens is 358 g/mol. The second-order valence-electron chi connectivity index (χ2n) is 6.74. The largest absolute Gasteiger partial charge is 0.378 e. The molecule has 140 valence electrons. The van der Waals surface area contributed by atoms with E-state index in [0.29, 0.717) is 32.8 Å². The van der Waals surface area contributed by atoms with Crippen LogP contribution in [0.4, 0.5) is 0 Å². The van der Waals surface area contributed by atoms with Crippen LogP contribution >= 0.6 is 11.3 Å². The molecule has 5 nitrogen and oxygen atoms in total. The Balaban J connectivity index is 1.59. The maximum absolute atomic E-state index is 13.3. The smallest absolute Gasteiger partial charge is 0.244 e. The van der Waals surface area contributed by atoms with E-state index in [9.17, 15) is 4.79 Å². The average Bonchev–Trinajstić information content (AvgIpc) is 3.12. The van der Waals surface area contributed by atoms with Crippen LogP contribution in [0.15, 0.2) is 54.6 Å². The number of ether oxygens (including phenoxy) is 1. The van der Waals surface area contributed by atoms with Crippen molar-refractivity contribution >= 4 is 27.5 Å². The highest BCUT2D eigenvalue weighted by Gasteiger charge is 2.30. The molecule has 0 bridgehead atoms. The monoisotopic (exact) mass is 381 g/mol. The highest BCUT2D eigenvalue weighted by atomic mass is 32.1. The first-order valence-corrected chi connectivity index (χ1v) is 10.0. The highest BCUT2D eigenvalue weighted by Crippen LogP contribution is 2.27. The second-order valence-corrected chi connectivity index (χ2v) is 7.86. The van der Waals surface area contributed by atoms with Crippen molar-refractivity contribution in [2.45, 2.75) is 12.6 Å². The first-order chi connectivity index (χ1) is 13.2. The van der Waals surface area contributed by atoms with Crippen molar-refractivity contribution in [1.82, 2.24) is 14.8 Å². The Labute approximate surface area is 163 Å². The fourth-order valence-electron chi connectivity index (χ4n) is 3.47. The number of fused-ring (bicyclic) bond motifs is 1. The Morgan fingerprint density at radius 1 is 1.15 bits per heavy atom. The summed E-state index contributed by atoms with van der Waals surface area (Å²) in [4.78, 5) is 22.1. The molecule has 3 aromatic rings. The van der Waals surface area contributed by atoms with E-state index in [0.717, 1.165) is 16.1 Å². The lowest BCUT2D eigenvalue weighted by molar-refractivity contribution is -0.141. The van der Waals surface area contributed by atoms with Crippen molar-refractivity contribution in [2.75, 3.05) is 33.4 Å². The zero-order valence-corrected chi connectivity index (χ0v) is 16.2. The van der Waals surface area contributed by atoms with Gasteiger partial charge in [-0.15, -0.1) is 11.3 Å². The van der Waals surface area contributed by atoms with Crippen molar-refractivity contribution in [1.29, 1.82) is 0 Å². The van der Waals surface area contributed by atoms with Crippen LogP contribution in [-0.4, -0.2) is 54.0 Å². The molecular formula is C21H23N3O2S. The molecule has 1 saturated heterocycles. The molecule has 1 aliphatic heterocycles. The zero-order valence-electron chi connectivity index (χ0n) is 15.4. The lowest BCUT2D eigenvalue weighted by atomic mass is 10.0. The van der Waals surface area contributed by atoms with E-state index in [-0.39, 0.29) is 11.9 Å². The number of carbonyl (C=O) groups excluding carboxylic acids is 1. The number of thiazole rings is 1. The minimum atomic E-state index is -0.323. The third kappa shape index (κ3) is 4.03. The number of benzene rings is 2. The summed E-state index contributed by atoms with van der Waals surface area (Å²) in [6, 6.07) is 17.8. The van der Waals surface area contributed by atoms with Gasteiger partial charge in [0.15, 0.2) is 0 Å². The van der Waals surface area contributed by atoms with Crippen molar-refractivity contribution in [3.05, 3.63) is 65.2 Å². The van der Waals surface area contributed by atoms with Gasteiger partial charge in [0.05, 0.1) is 30.0 Å². The SMILES string of the molecule is CN(Cc1nc2ccccc2s1)[C@H](C(=O)N1CCOCC1)c1ccccc1. The van der Waals surface area contributed by atoms with Gasteiger partial charge < -0.3 is 9.64 Å². The van der Waals surface area contributed by atoms with E-state index in [4.69, 9.17) is 9.72 Å². The molecule has 0 N–H and O–H groups in total. The summed E-state index contributed by atoms with van der Waals surface area (Å²) in [5.41, 5.74) is 2.03. The van der Waals surface area contributed by atoms with Gasteiger partial charge in [-0.2, -0.15) is 0 Å². The van der Waals surface area contributed by atoms with Crippen molar-refractivity contribution in [3.63, 3.8) is 0 Å². The van der Waals surface area contributed by atoms with Crippen LogP contribution in [0.2, 0.25) is 0 Å². The minimum absolute atomic E-state index is 0.133. The molecule has 1 atom stereocenters. The number of likely N-dealkylation sites (N-methyl/N-ethyl adjacent to an activating group) is 1. The Morgan fingerprint density at radius 2 is 1.85 bits per heavy atom. The van der Waals surface area contributed by atoms with Gasteiger partial charge in [-0.3, -0.25) is 9.69 Å². The first kappa shape index (κ1) is 18.1. The second kappa shape index (κ2) is 8.17. The first-order valence-electron chi connectivity index (χ1n) is 9.18. The zero-order chi connectivity index (χ0) is 18.6. The summed E-state index contributed by atoms with van der Waals surface area (Å²) in [7, 11) is 2.00. The van der Waals surface area contributed by atoms with Crippen molar-refractivity contribution < 1.29 is 9.53 Å². The maximum atomic E-state index is 13.3. The predicted molar refractivity (Wildman–Crippen MR) is 108 cm³/mol. The molecule has 2 heterocycles. The van der Waals surface area contributed by atoms with Crippen LogP contribution in [0.5, 0.6) is 0 Å². The molecule has 0 spiro atoms. The molecule has 0 saturated carbocycles. The van der Waals surface area contributed by atoms with E-state index in [1.54, 1.807) is 11.3 Å². The maximum Gasteiger partial charge on any atom is 0.244 e. The van der Waals surface area contributed by atoms with Gasteiger partial charge in [0.25, 0.3) is 0 Å². The van der Waals surface area contributed by atoms with E-state index in [1.807, 2.05) is 60.5 Å². The van der Waals surface area contributed by atoms with Crippen LogP contribution in [-0.2, 0) is 16.1 Å². The average molecular weight is 382 g/mol.